The molecule has 0 aromatic carbocycles. The second-order valence-electron chi connectivity index (χ2n) is 3.37. The lowest BCUT2D eigenvalue weighted by Crippen LogP contribution is -2.07. The molecule has 2 N–H and O–H groups in total. The van der Waals surface area contributed by atoms with Gasteiger partial charge in [0.2, 0.25) is 10.0 Å². The molecule has 0 fully saturated rings. The lowest BCUT2D eigenvalue weighted by Gasteiger charge is -1.97. The highest BCUT2D eigenvalue weighted by Gasteiger charge is 1.97. The highest BCUT2D eigenvalue weighted by atomic mass is 32.2. The lowest BCUT2D eigenvalue weighted by molar-refractivity contribution is 0.606. The molecule has 3 nitrogen and oxygen atoms in total. The molecule has 0 radical (unpaired) electrons. The van der Waals surface area contributed by atoms with Gasteiger partial charge in [0.1, 0.15) is 0 Å². The van der Waals surface area contributed by atoms with Crippen molar-refractivity contribution >= 4 is 10.0 Å². The van der Waals surface area contributed by atoms with Gasteiger partial charge in [0.25, 0.3) is 0 Å². The van der Waals surface area contributed by atoms with Crippen molar-refractivity contribution in [2.24, 2.45) is 5.14 Å². The minimum atomic E-state index is -3.46. The van der Waals surface area contributed by atoms with Crippen LogP contribution in [0.15, 0.2) is 22.6 Å². The summed E-state index contributed by atoms with van der Waals surface area (Å²) in [6.45, 7) is 5.79. The van der Waals surface area contributed by atoms with Crippen molar-refractivity contribution in [2.45, 2.75) is 33.6 Å². The third kappa shape index (κ3) is 9.30. The summed E-state index contributed by atoms with van der Waals surface area (Å²) >= 11 is 0. The average molecular weight is 203 g/mol. The van der Waals surface area contributed by atoms with E-state index in [0.717, 1.165) is 23.8 Å². The zero-order valence-corrected chi connectivity index (χ0v) is 9.19. The quantitative estimate of drug-likeness (QED) is 0.710. The average Bonchev–Trinajstić information content (AvgIpc) is 1.81. The number of sulfonamides is 1. The van der Waals surface area contributed by atoms with Crippen LogP contribution in [0.25, 0.3) is 0 Å². The van der Waals surface area contributed by atoms with E-state index in [9.17, 15) is 8.42 Å². The third-order valence-corrected chi connectivity index (χ3v) is 2.19. The standard InChI is InChI=1S/C9H17NO2S/c1-8(2)5-4-6-9(3)7-13(10,11)12/h5,7H,4,6H2,1-3H3,(H2,10,11,12)/b9-7+. The molecule has 0 saturated heterocycles. The molecule has 0 spiro atoms. The van der Waals surface area contributed by atoms with Crippen LogP contribution in [0.5, 0.6) is 0 Å². The van der Waals surface area contributed by atoms with Gasteiger partial charge in [-0.15, -0.1) is 0 Å². The van der Waals surface area contributed by atoms with Crippen LogP contribution in [0.3, 0.4) is 0 Å². The predicted molar refractivity (Wildman–Crippen MR) is 55.5 cm³/mol. The Morgan fingerprint density at radius 2 is 1.85 bits per heavy atom. The molecule has 0 saturated carbocycles. The maximum absolute atomic E-state index is 10.6. The fourth-order valence-corrected chi connectivity index (χ4v) is 1.61. The summed E-state index contributed by atoms with van der Waals surface area (Å²) in [5.41, 5.74) is 2.03. The minimum Gasteiger partial charge on any atom is -0.225 e. The molecule has 76 valence electrons. The van der Waals surface area contributed by atoms with Gasteiger partial charge in [0.05, 0.1) is 0 Å². The highest BCUT2D eigenvalue weighted by Crippen LogP contribution is 2.07. The number of allylic oxidation sites excluding steroid dienone is 3. The van der Waals surface area contributed by atoms with E-state index in [0.29, 0.717) is 0 Å². The van der Waals surface area contributed by atoms with Gasteiger partial charge in [-0.3, -0.25) is 0 Å². The van der Waals surface area contributed by atoms with Gasteiger partial charge in [-0.2, -0.15) is 0 Å². The lowest BCUT2D eigenvalue weighted by atomic mass is 10.1. The largest absolute Gasteiger partial charge is 0.231 e. The molecule has 0 aliphatic heterocycles. The van der Waals surface area contributed by atoms with E-state index < -0.39 is 10.0 Å². The molecule has 0 aromatic rings. The van der Waals surface area contributed by atoms with Crippen molar-refractivity contribution in [1.82, 2.24) is 0 Å². The molecule has 4 heteroatoms. The molecule has 0 heterocycles. The predicted octanol–water partition coefficient (Wildman–Crippen LogP) is 1.93. The van der Waals surface area contributed by atoms with Crippen molar-refractivity contribution in [3.05, 3.63) is 22.6 Å². The van der Waals surface area contributed by atoms with Gasteiger partial charge >= 0.3 is 0 Å². The van der Waals surface area contributed by atoms with Crippen LogP contribution < -0.4 is 5.14 Å². The van der Waals surface area contributed by atoms with E-state index in [1.54, 1.807) is 6.92 Å². The first kappa shape index (κ1) is 12.4. The van der Waals surface area contributed by atoms with Crippen LogP contribution in [-0.4, -0.2) is 8.42 Å². The molecule has 0 bridgehead atoms. The van der Waals surface area contributed by atoms with Crippen LogP contribution in [-0.2, 0) is 10.0 Å². The third-order valence-electron chi connectivity index (χ3n) is 1.46. The molecule has 0 aromatic heterocycles. The Bertz CT molecular complexity index is 309. The van der Waals surface area contributed by atoms with Crippen LogP contribution >= 0.6 is 0 Å². The monoisotopic (exact) mass is 203 g/mol. The van der Waals surface area contributed by atoms with Gasteiger partial charge in [-0.25, -0.2) is 13.6 Å². The molecule has 0 aliphatic rings. The fraction of sp³-hybridized carbons (Fsp3) is 0.556. The number of rotatable bonds is 4. The molecule has 0 amide bonds. The summed E-state index contributed by atoms with van der Waals surface area (Å²) in [6.07, 6.45) is 3.67. The molecular formula is C9H17NO2S. The Balaban J connectivity index is 4.11. The Morgan fingerprint density at radius 3 is 2.23 bits per heavy atom. The second kappa shape index (κ2) is 5.19. The SMILES string of the molecule is CC(C)=CCC/C(C)=C/S(N)(=O)=O. The number of nitrogens with two attached hydrogens (primary N) is 1. The van der Waals surface area contributed by atoms with Gasteiger partial charge in [0.15, 0.2) is 0 Å². The van der Waals surface area contributed by atoms with E-state index in [2.05, 4.69) is 6.08 Å². The van der Waals surface area contributed by atoms with Gasteiger partial charge < -0.3 is 0 Å². The van der Waals surface area contributed by atoms with Crippen LogP contribution in [0, 0.1) is 0 Å². The van der Waals surface area contributed by atoms with Gasteiger partial charge in [-0.05, 0) is 33.6 Å². The Labute approximate surface area is 80.4 Å². The molecule has 0 rings (SSSR count). The molecule has 0 aliphatic carbocycles. The Kier molecular flexibility index (Phi) is 4.95. The van der Waals surface area contributed by atoms with Crippen LogP contribution in [0.4, 0.5) is 0 Å². The maximum Gasteiger partial charge on any atom is 0.231 e. The maximum atomic E-state index is 10.6. The van der Waals surface area contributed by atoms with Crippen molar-refractivity contribution in [2.75, 3.05) is 0 Å². The Hall–Kier alpha value is -0.610. The normalized spacial score (nSPS) is 12.8. The summed E-state index contributed by atoms with van der Waals surface area (Å²) < 4.78 is 21.2. The molecular weight excluding hydrogens is 186 g/mol. The Morgan fingerprint density at radius 1 is 1.31 bits per heavy atom. The second-order valence-corrected chi connectivity index (χ2v) is 4.79. The van der Waals surface area contributed by atoms with E-state index >= 15 is 0 Å². The zero-order valence-electron chi connectivity index (χ0n) is 8.37. The van der Waals surface area contributed by atoms with E-state index in [1.165, 1.54) is 5.57 Å². The van der Waals surface area contributed by atoms with Crippen molar-refractivity contribution < 1.29 is 8.42 Å². The first-order chi connectivity index (χ1) is 5.81. The summed E-state index contributed by atoms with van der Waals surface area (Å²) in [7, 11) is -3.46. The first-order valence-corrected chi connectivity index (χ1v) is 5.75. The minimum absolute atomic E-state index is 0.738. The van der Waals surface area contributed by atoms with Crippen molar-refractivity contribution in [3.63, 3.8) is 0 Å². The van der Waals surface area contributed by atoms with E-state index in [4.69, 9.17) is 5.14 Å². The van der Waals surface area contributed by atoms with Crippen LogP contribution in [0.2, 0.25) is 0 Å². The van der Waals surface area contributed by atoms with E-state index in [-0.39, 0.29) is 0 Å². The van der Waals surface area contributed by atoms with Crippen molar-refractivity contribution in [1.29, 1.82) is 0 Å². The molecule has 0 atom stereocenters. The van der Waals surface area contributed by atoms with E-state index in [1.807, 2.05) is 13.8 Å². The summed E-state index contributed by atoms with van der Waals surface area (Å²) in [5, 5.41) is 5.97. The first-order valence-electron chi connectivity index (χ1n) is 4.14. The number of hydrogen-bond acceptors (Lipinski definition) is 2. The molecule has 13 heavy (non-hydrogen) atoms. The van der Waals surface area contributed by atoms with Gasteiger partial charge in [0, 0.05) is 5.41 Å². The summed E-state index contributed by atoms with van der Waals surface area (Å²) in [5.74, 6) is 0. The van der Waals surface area contributed by atoms with Crippen molar-refractivity contribution in [3.8, 4) is 0 Å². The smallest absolute Gasteiger partial charge is 0.225 e. The highest BCUT2D eigenvalue weighted by molar-refractivity contribution is 7.92. The summed E-state index contributed by atoms with van der Waals surface area (Å²) in [6, 6.07) is 0. The number of primary sulfonamides is 1. The van der Waals surface area contributed by atoms with Gasteiger partial charge in [-0.1, -0.05) is 17.2 Å². The number of hydrogen-bond donors (Lipinski definition) is 1. The summed E-state index contributed by atoms with van der Waals surface area (Å²) in [4.78, 5) is 0. The topological polar surface area (TPSA) is 60.2 Å². The fourth-order valence-electron chi connectivity index (χ4n) is 0.928. The molecule has 0 unspecified atom stereocenters. The van der Waals surface area contributed by atoms with Crippen LogP contribution in [0.1, 0.15) is 33.6 Å². The zero-order chi connectivity index (χ0) is 10.5.